The van der Waals surface area contributed by atoms with Crippen LogP contribution in [0.1, 0.15) is 0 Å². The second-order valence-corrected chi connectivity index (χ2v) is 5.55. The van der Waals surface area contributed by atoms with E-state index in [1.807, 2.05) is 0 Å². The normalized spacial score (nSPS) is 11.2. The van der Waals surface area contributed by atoms with E-state index in [1.165, 1.54) is 0 Å². The Bertz CT molecular complexity index is 10.8. The molecule has 0 saturated heterocycles. The zero-order valence-electron chi connectivity index (χ0n) is 1.45. The number of hydrogen-bond donors (Lipinski definition) is 0. The summed E-state index contributed by atoms with van der Waals surface area (Å²) in [6.07, 6.45) is 0. The van der Waals surface area contributed by atoms with Crippen LogP contribution in [0.25, 0.3) is 0 Å². The Labute approximate surface area is 38.0 Å². The summed E-state index contributed by atoms with van der Waals surface area (Å²) in [5, 5.41) is 0. The fourth-order valence-corrected chi connectivity index (χ4v) is 0. The van der Waals surface area contributed by atoms with Crippen LogP contribution in [0.5, 0.6) is 0 Å². The molecule has 4 heavy (non-hydrogen) atoms. The maximum absolute atomic E-state index is 10.7. The molecule has 0 N–H and O–H groups in total. The fraction of sp³-hybridized carbons (Fsp3) is 0. The number of halogens is 3. The van der Waals surface area contributed by atoms with Crippen molar-refractivity contribution < 1.29 is 18.9 Å². The molecule has 0 radical (unpaired) electrons. The summed E-state index contributed by atoms with van der Waals surface area (Å²) in [4.78, 5) is 0. The van der Waals surface area contributed by atoms with Crippen LogP contribution in [-0.2, 0) is 15.8 Å². The van der Waals surface area contributed by atoms with E-state index in [0.29, 0.717) is 0 Å². The van der Waals surface area contributed by atoms with Crippen LogP contribution in [0, 0.1) is 0 Å². The Morgan fingerprint density at radius 2 is 1.50 bits per heavy atom. The quantitative estimate of drug-likeness (QED) is 0.636. The molecule has 0 amide bonds. The van der Waals surface area contributed by atoms with Gasteiger partial charge in [0, 0.05) is 0 Å². The molecule has 0 aliphatic carbocycles. The first-order chi connectivity index (χ1) is 1.73. The van der Waals surface area contributed by atoms with Crippen LogP contribution < -0.4 is 0 Å². The Morgan fingerprint density at radius 3 is 1.50 bits per heavy atom. The van der Waals surface area contributed by atoms with Crippen LogP contribution in [0.2, 0.25) is 0 Å². The van der Waals surface area contributed by atoms with Crippen molar-refractivity contribution in [1.29, 1.82) is 0 Å². The molecule has 0 saturated carbocycles. The summed E-state index contributed by atoms with van der Waals surface area (Å²) >= 11 is -2.82. The zero-order valence-corrected chi connectivity index (χ0v) is 5.23. The van der Waals surface area contributed by atoms with Crippen molar-refractivity contribution in [2.45, 2.75) is 0 Å². The van der Waals surface area contributed by atoms with Gasteiger partial charge in [-0.2, -0.15) is 0 Å². The van der Waals surface area contributed by atoms with Gasteiger partial charge in [0.1, 0.15) is 0 Å². The molecule has 0 aromatic heterocycles. The molecular formula is Cl2FPt. The van der Waals surface area contributed by atoms with E-state index in [9.17, 15) is 3.16 Å². The van der Waals surface area contributed by atoms with E-state index in [1.54, 1.807) is 0 Å². The van der Waals surface area contributed by atoms with Gasteiger partial charge in [-0.3, -0.25) is 0 Å². The van der Waals surface area contributed by atoms with Crippen LogP contribution in [-0.4, -0.2) is 0 Å². The zero-order chi connectivity index (χ0) is 3.58. The summed E-state index contributed by atoms with van der Waals surface area (Å²) in [6, 6.07) is 0. The second-order valence-electron chi connectivity index (χ2n) is 0.136. The second kappa shape index (κ2) is 2.44. The number of hydrogen-bond acceptors (Lipinski definition) is 0. The minimum atomic E-state index is -2.82. The van der Waals surface area contributed by atoms with Gasteiger partial charge in [0.25, 0.3) is 0 Å². The third-order valence-electron chi connectivity index (χ3n) is 0. The Kier molecular flexibility index (Phi) is 3.17. The topological polar surface area (TPSA) is 0 Å². The summed E-state index contributed by atoms with van der Waals surface area (Å²) in [5.41, 5.74) is 0. The van der Waals surface area contributed by atoms with Crippen molar-refractivity contribution in [1.82, 2.24) is 0 Å². The SMILES string of the molecule is [F][Pt]([Cl])[Cl]. The standard InChI is InChI=1S/2ClH.FH.Pt/h3*1H;/q;;;+3/p-3. The van der Waals surface area contributed by atoms with Crippen molar-refractivity contribution in [3.63, 3.8) is 0 Å². The predicted molar refractivity (Wildman–Crippen MR) is 12.8 cm³/mol. The molecule has 0 aromatic carbocycles. The van der Waals surface area contributed by atoms with Gasteiger partial charge in [0.2, 0.25) is 0 Å². The van der Waals surface area contributed by atoms with Gasteiger partial charge in [-0.05, 0) is 0 Å². The minimum absolute atomic E-state index is 2.82. The van der Waals surface area contributed by atoms with Crippen LogP contribution >= 0.6 is 18.8 Å². The van der Waals surface area contributed by atoms with Gasteiger partial charge >= 0.3 is 37.7 Å². The summed E-state index contributed by atoms with van der Waals surface area (Å²) < 4.78 is 10.7. The summed E-state index contributed by atoms with van der Waals surface area (Å²) in [6.45, 7) is 0. The van der Waals surface area contributed by atoms with Crippen LogP contribution in [0.4, 0.5) is 3.16 Å². The van der Waals surface area contributed by atoms with Crippen molar-refractivity contribution in [3.05, 3.63) is 0 Å². The predicted octanol–water partition coefficient (Wildman–Crippen LogP) is 1.80. The molecule has 0 spiro atoms. The first-order valence-corrected chi connectivity index (χ1v) is 6.85. The van der Waals surface area contributed by atoms with Crippen LogP contribution in [0.3, 0.4) is 0 Å². The van der Waals surface area contributed by atoms with Gasteiger partial charge in [-0.1, -0.05) is 0 Å². The van der Waals surface area contributed by atoms with Gasteiger partial charge in [-0.25, -0.2) is 0 Å². The molecular weight excluding hydrogens is 285 g/mol. The van der Waals surface area contributed by atoms with Crippen LogP contribution in [0.15, 0.2) is 0 Å². The Balaban J connectivity index is 2.32. The average Bonchev–Trinajstić information content (AvgIpc) is 0.811. The molecule has 0 aliphatic heterocycles. The molecule has 0 aliphatic rings. The fourth-order valence-electron chi connectivity index (χ4n) is 0. The van der Waals surface area contributed by atoms with Crippen molar-refractivity contribution in [3.8, 4) is 0 Å². The molecule has 0 unspecified atom stereocenters. The molecule has 31 valence electrons. The van der Waals surface area contributed by atoms with Gasteiger partial charge < -0.3 is 0 Å². The average molecular weight is 285 g/mol. The Morgan fingerprint density at radius 1 is 1.50 bits per heavy atom. The molecule has 0 aromatic rings. The van der Waals surface area contributed by atoms with E-state index < -0.39 is 15.8 Å². The van der Waals surface area contributed by atoms with E-state index >= 15 is 0 Å². The third kappa shape index (κ3) is 10.8. The van der Waals surface area contributed by atoms with Gasteiger partial charge in [0.15, 0.2) is 0 Å². The van der Waals surface area contributed by atoms with E-state index in [-0.39, 0.29) is 0 Å². The van der Waals surface area contributed by atoms with Crippen molar-refractivity contribution >= 4 is 18.8 Å². The van der Waals surface area contributed by atoms with E-state index in [4.69, 9.17) is 0 Å². The van der Waals surface area contributed by atoms with Gasteiger partial charge in [-0.15, -0.1) is 0 Å². The third-order valence-corrected chi connectivity index (χ3v) is 0. The molecule has 0 bridgehead atoms. The summed E-state index contributed by atoms with van der Waals surface area (Å²) in [7, 11) is 9.06. The van der Waals surface area contributed by atoms with Gasteiger partial charge in [0.05, 0.1) is 0 Å². The first-order valence-electron chi connectivity index (χ1n) is 0.359. The Hall–Kier alpha value is 1.20. The molecule has 0 atom stereocenters. The van der Waals surface area contributed by atoms with Crippen molar-refractivity contribution in [2.24, 2.45) is 0 Å². The molecule has 4 heteroatoms. The van der Waals surface area contributed by atoms with E-state index in [0.717, 1.165) is 0 Å². The molecule has 0 fully saturated rings. The first kappa shape index (κ1) is 5.20. The monoisotopic (exact) mass is 284 g/mol. The summed E-state index contributed by atoms with van der Waals surface area (Å²) in [5.74, 6) is 0. The molecule has 0 nitrogen and oxygen atoms in total. The van der Waals surface area contributed by atoms with E-state index in [2.05, 4.69) is 18.8 Å². The van der Waals surface area contributed by atoms with Crippen molar-refractivity contribution in [2.75, 3.05) is 0 Å². The molecule has 0 heterocycles. The maximum atomic E-state index is 10.7. The number of rotatable bonds is 0. The molecule has 0 rings (SSSR count).